The summed E-state index contributed by atoms with van der Waals surface area (Å²) in [5, 5.41) is 10.8. The van der Waals surface area contributed by atoms with Crippen molar-refractivity contribution < 1.29 is 14.7 Å². The minimum Gasteiger partial charge on any atom is -0.359 e. The Bertz CT molecular complexity index is 928. The molecule has 2 rings (SSSR count). The van der Waals surface area contributed by atoms with Gasteiger partial charge < -0.3 is 10.1 Å². The Labute approximate surface area is 162 Å². The van der Waals surface area contributed by atoms with Gasteiger partial charge in [-0.25, -0.2) is 15.1 Å². The second kappa shape index (κ2) is 9.86. The number of aryl methyl sites for hydroxylation is 2. The first-order valence-corrected chi connectivity index (χ1v) is 9.03. The average Bonchev–Trinajstić information content (AvgIpc) is 2.62. The summed E-state index contributed by atoms with van der Waals surface area (Å²) in [6, 6.07) is 5.38. The number of nitrogens with zero attached hydrogens (tertiary/aromatic N) is 1. The normalized spacial score (nSPS) is 10.7. The number of hydroxylamine groups is 1. The van der Waals surface area contributed by atoms with Crippen LogP contribution >= 0.6 is 0 Å². The number of aromatic amines is 1. The summed E-state index contributed by atoms with van der Waals surface area (Å²) < 4.78 is 6.88. The quantitative estimate of drug-likeness (QED) is 0.304. The summed E-state index contributed by atoms with van der Waals surface area (Å²) in [4.78, 5) is 37.9. The molecule has 2 aromatic rings. The summed E-state index contributed by atoms with van der Waals surface area (Å²) in [5.74, 6) is 0. The summed E-state index contributed by atoms with van der Waals surface area (Å²) in [7, 11) is 0. The molecule has 0 spiro atoms. The largest absolute Gasteiger partial charge is 0.359 e. The number of hydrogen-bond donors (Lipinski definition) is 4. The molecule has 4 N–H and O–H groups in total. The van der Waals surface area contributed by atoms with Crippen LogP contribution in [0.25, 0.3) is 0 Å². The second-order valence-electron chi connectivity index (χ2n) is 6.54. The van der Waals surface area contributed by atoms with Crippen LogP contribution in [0.2, 0.25) is 0 Å². The molecule has 0 bridgehead atoms. The van der Waals surface area contributed by atoms with Gasteiger partial charge in [-0.2, -0.15) is 0 Å². The summed E-state index contributed by atoms with van der Waals surface area (Å²) in [5.41, 5.74) is 4.90. The standard InChI is InChI=1S/C19H26N4O5/c1-4-15-16(10-14-8-12(2)7-13(3)9-14)23(19(26)21-17(15)24)11-28-6-5-20-18(25)22-27/h7-9,27H,4-6,10-11H2,1-3H3,(H2,20,22,25)(H,21,24,26). The summed E-state index contributed by atoms with van der Waals surface area (Å²) in [6.45, 7) is 6.08. The zero-order valence-corrected chi connectivity index (χ0v) is 16.3. The van der Waals surface area contributed by atoms with Crippen molar-refractivity contribution >= 4 is 6.03 Å². The number of nitrogens with one attached hydrogen (secondary N) is 3. The van der Waals surface area contributed by atoms with Crippen LogP contribution in [0.5, 0.6) is 0 Å². The maximum absolute atomic E-state index is 12.4. The average molecular weight is 390 g/mol. The number of carbonyl (C=O) groups excluding carboxylic acids is 1. The molecule has 0 aliphatic rings. The number of benzene rings is 1. The van der Waals surface area contributed by atoms with Gasteiger partial charge in [0.25, 0.3) is 5.56 Å². The van der Waals surface area contributed by atoms with Crippen LogP contribution < -0.4 is 22.0 Å². The third-order valence-corrected chi connectivity index (χ3v) is 4.27. The van der Waals surface area contributed by atoms with E-state index in [1.165, 1.54) is 10.0 Å². The first-order valence-electron chi connectivity index (χ1n) is 9.03. The van der Waals surface area contributed by atoms with Gasteiger partial charge in [-0.15, -0.1) is 0 Å². The molecule has 0 unspecified atom stereocenters. The van der Waals surface area contributed by atoms with Gasteiger partial charge in [-0.3, -0.25) is 19.6 Å². The van der Waals surface area contributed by atoms with Crippen molar-refractivity contribution in [2.24, 2.45) is 0 Å². The monoisotopic (exact) mass is 390 g/mol. The lowest BCUT2D eigenvalue weighted by molar-refractivity contribution is 0.0734. The zero-order chi connectivity index (χ0) is 20.7. The molecule has 9 nitrogen and oxygen atoms in total. The van der Waals surface area contributed by atoms with Gasteiger partial charge in [-0.05, 0) is 25.8 Å². The van der Waals surface area contributed by atoms with Crippen molar-refractivity contribution in [1.29, 1.82) is 0 Å². The molecule has 0 atom stereocenters. The van der Waals surface area contributed by atoms with Crippen LogP contribution in [0.15, 0.2) is 27.8 Å². The van der Waals surface area contributed by atoms with Gasteiger partial charge >= 0.3 is 11.7 Å². The zero-order valence-electron chi connectivity index (χ0n) is 16.3. The van der Waals surface area contributed by atoms with Gasteiger partial charge in [0.1, 0.15) is 6.73 Å². The molecular weight excluding hydrogens is 364 g/mol. The fraction of sp³-hybridized carbons (Fsp3) is 0.421. The van der Waals surface area contributed by atoms with E-state index in [1.807, 2.05) is 32.9 Å². The maximum Gasteiger partial charge on any atom is 0.338 e. The van der Waals surface area contributed by atoms with E-state index in [4.69, 9.17) is 9.94 Å². The predicted octanol–water partition coefficient (Wildman–Crippen LogP) is 0.969. The smallest absolute Gasteiger partial charge is 0.338 e. The second-order valence-corrected chi connectivity index (χ2v) is 6.54. The summed E-state index contributed by atoms with van der Waals surface area (Å²) >= 11 is 0. The van der Waals surface area contributed by atoms with Crippen LogP contribution in [-0.4, -0.2) is 33.9 Å². The SMILES string of the molecule is CCc1c(Cc2cc(C)cc(C)c2)n(COCCNC(=O)NO)c(=O)[nH]c1=O. The van der Waals surface area contributed by atoms with Crippen molar-refractivity contribution in [3.63, 3.8) is 0 Å². The molecule has 1 aromatic heterocycles. The number of rotatable bonds is 8. The van der Waals surface area contributed by atoms with E-state index in [9.17, 15) is 14.4 Å². The van der Waals surface area contributed by atoms with Crippen molar-refractivity contribution in [3.05, 3.63) is 67.0 Å². The van der Waals surface area contributed by atoms with Gasteiger partial charge in [0.15, 0.2) is 0 Å². The number of ether oxygens (including phenoxy) is 1. The highest BCUT2D eigenvalue weighted by atomic mass is 16.5. The summed E-state index contributed by atoms with van der Waals surface area (Å²) in [6.07, 6.45) is 0.910. The van der Waals surface area contributed by atoms with E-state index >= 15 is 0 Å². The molecule has 2 amide bonds. The molecule has 0 saturated heterocycles. The van der Waals surface area contributed by atoms with Crippen LogP contribution in [0, 0.1) is 13.8 Å². The Balaban J connectivity index is 2.27. The van der Waals surface area contributed by atoms with Gasteiger partial charge in [0.2, 0.25) is 0 Å². The van der Waals surface area contributed by atoms with E-state index in [-0.39, 0.29) is 25.4 Å². The lowest BCUT2D eigenvalue weighted by Gasteiger charge is -2.16. The third kappa shape index (κ3) is 5.54. The van der Waals surface area contributed by atoms with Gasteiger partial charge in [0.05, 0.1) is 6.61 Å². The van der Waals surface area contributed by atoms with Crippen molar-refractivity contribution in [3.8, 4) is 0 Å². The molecule has 9 heteroatoms. The van der Waals surface area contributed by atoms with Gasteiger partial charge in [-0.1, -0.05) is 36.2 Å². The van der Waals surface area contributed by atoms with Gasteiger partial charge in [0, 0.05) is 24.2 Å². The Morgan fingerprint density at radius 1 is 1.21 bits per heavy atom. The Kier molecular flexibility index (Phi) is 7.53. The number of hydrogen-bond acceptors (Lipinski definition) is 5. The molecule has 0 fully saturated rings. The molecule has 0 radical (unpaired) electrons. The molecule has 0 aliphatic carbocycles. The third-order valence-electron chi connectivity index (χ3n) is 4.27. The molecular formula is C19H26N4O5. The molecule has 0 saturated carbocycles. The molecule has 28 heavy (non-hydrogen) atoms. The highest BCUT2D eigenvalue weighted by Crippen LogP contribution is 2.15. The Hall–Kier alpha value is -2.91. The Morgan fingerprint density at radius 3 is 2.50 bits per heavy atom. The lowest BCUT2D eigenvalue weighted by atomic mass is 10.0. The number of urea groups is 1. The minimum absolute atomic E-state index is 0.0643. The number of amides is 2. The van der Waals surface area contributed by atoms with E-state index in [2.05, 4.69) is 16.4 Å². The van der Waals surface area contributed by atoms with E-state index in [0.29, 0.717) is 24.1 Å². The van der Waals surface area contributed by atoms with E-state index in [1.54, 1.807) is 0 Å². The fourth-order valence-electron chi connectivity index (χ4n) is 3.16. The van der Waals surface area contributed by atoms with E-state index < -0.39 is 11.7 Å². The van der Waals surface area contributed by atoms with Crippen molar-refractivity contribution in [2.45, 2.75) is 40.3 Å². The highest BCUT2D eigenvalue weighted by molar-refractivity contribution is 5.72. The number of aromatic nitrogens is 2. The fourth-order valence-corrected chi connectivity index (χ4v) is 3.16. The lowest BCUT2D eigenvalue weighted by Crippen LogP contribution is -2.37. The van der Waals surface area contributed by atoms with Crippen LogP contribution in [0.4, 0.5) is 4.79 Å². The van der Waals surface area contributed by atoms with Crippen LogP contribution in [0.3, 0.4) is 0 Å². The predicted molar refractivity (Wildman–Crippen MR) is 104 cm³/mol. The van der Waals surface area contributed by atoms with Crippen molar-refractivity contribution in [1.82, 2.24) is 20.3 Å². The highest BCUT2D eigenvalue weighted by Gasteiger charge is 2.15. The van der Waals surface area contributed by atoms with Crippen molar-refractivity contribution in [2.75, 3.05) is 13.2 Å². The number of carbonyl (C=O) groups is 1. The topological polar surface area (TPSA) is 125 Å². The minimum atomic E-state index is -0.742. The molecule has 152 valence electrons. The first-order chi connectivity index (χ1) is 13.3. The maximum atomic E-state index is 12.4. The molecule has 1 heterocycles. The van der Waals surface area contributed by atoms with Crippen LogP contribution in [0.1, 0.15) is 34.9 Å². The van der Waals surface area contributed by atoms with Crippen LogP contribution in [-0.2, 0) is 24.3 Å². The molecule has 0 aliphatic heterocycles. The molecule has 1 aromatic carbocycles. The number of H-pyrrole nitrogens is 1. The first kappa shape index (κ1) is 21.4. The van der Waals surface area contributed by atoms with E-state index in [0.717, 1.165) is 16.7 Å². The Morgan fingerprint density at radius 2 is 1.89 bits per heavy atom.